The zero-order chi connectivity index (χ0) is 89.7. The highest BCUT2D eigenvalue weighted by Gasteiger charge is 2.72. The molecular weight excluding hydrogens is 1660 g/mol. The molecule has 7 heterocycles. The lowest BCUT2D eigenvalue weighted by molar-refractivity contribution is -0.142. The second-order valence-electron chi connectivity index (χ2n) is 42.5. The monoisotopic (exact) mass is 1800 g/mol. The number of aromatic nitrogens is 1. The van der Waals surface area contributed by atoms with E-state index in [0.717, 1.165) is 262 Å². The number of halogens is 2. The Labute approximate surface area is 769 Å². The van der Waals surface area contributed by atoms with Gasteiger partial charge in [-0.05, 0) is 295 Å². The van der Waals surface area contributed by atoms with Gasteiger partial charge in [0.15, 0.2) is 46.0 Å². The number of alkyl halides is 2. The van der Waals surface area contributed by atoms with Crippen LogP contribution in [-0.4, -0.2) is 177 Å². The van der Waals surface area contributed by atoms with Crippen LogP contribution >= 0.6 is 11.3 Å². The molecule has 698 valence electrons. The minimum absolute atomic E-state index is 0.0296. The van der Waals surface area contributed by atoms with Gasteiger partial charge in [0.1, 0.15) is 0 Å². The van der Waals surface area contributed by atoms with Crippen LogP contribution in [0.5, 0.6) is 0 Å². The number of methoxy groups -OCH3 is 4. The summed E-state index contributed by atoms with van der Waals surface area (Å²) in [5, 5.41) is 1.98. The fourth-order valence-electron chi connectivity index (χ4n) is 26.5. The van der Waals surface area contributed by atoms with Crippen molar-refractivity contribution in [2.75, 3.05) is 67.9 Å². The van der Waals surface area contributed by atoms with Gasteiger partial charge in [-0.3, -0.25) is 38.8 Å². The van der Waals surface area contributed by atoms with E-state index < -0.39 is 40.5 Å². The van der Waals surface area contributed by atoms with Crippen LogP contribution in [-0.2, 0) is 128 Å². The van der Waals surface area contributed by atoms with Crippen molar-refractivity contribution in [2.24, 2.45) is 94.2 Å². The molecule has 12 aliphatic carbocycles. The number of amides is 4. The van der Waals surface area contributed by atoms with Crippen LogP contribution in [0.25, 0.3) is 0 Å². The van der Waals surface area contributed by atoms with Gasteiger partial charge < -0.3 is 51.4 Å². The minimum Gasteiger partial charge on any atom is -0.381 e. The molecule has 8 saturated carbocycles. The summed E-state index contributed by atoms with van der Waals surface area (Å²) >= 11 is 1.53. The van der Waals surface area contributed by atoms with E-state index >= 15 is 0 Å². The van der Waals surface area contributed by atoms with E-state index in [2.05, 4.69) is 77.8 Å². The van der Waals surface area contributed by atoms with Gasteiger partial charge in [0.2, 0.25) is 0 Å². The third-order valence-electron chi connectivity index (χ3n) is 35.0. The number of ether oxygens (including phenoxy) is 6. The van der Waals surface area contributed by atoms with Gasteiger partial charge in [-0.1, -0.05) is 124 Å². The van der Waals surface area contributed by atoms with E-state index in [1.54, 1.807) is 43.7 Å². The van der Waals surface area contributed by atoms with Crippen molar-refractivity contribution in [3.63, 3.8) is 0 Å². The zero-order valence-electron chi connectivity index (χ0n) is 77.0. The number of carbonyl (C=O) groups excluding carboxylic acids is 4. The number of aliphatic imine (C=N–C) groups is 4. The number of aryl methyl sites for hydroxylation is 4. The smallest absolute Gasteiger partial charge is 0.262 e. The molecule has 5 atom stereocenters. The largest absolute Gasteiger partial charge is 0.381 e. The molecular formula is C104H137F2N13O10S. The minimum atomic E-state index is -2.65. The number of benzene rings is 4. The Hall–Kier alpha value is -8.11. The lowest BCUT2D eigenvalue weighted by Gasteiger charge is -2.45. The number of hydrogen-bond donors (Lipinski definition) is 4. The van der Waals surface area contributed by atoms with Crippen LogP contribution in [0.1, 0.15) is 272 Å². The van der Waals surface area contributed by atoms with Gasteiger partial charge in [0, 0.05) is 81.8 Å². The molecule has 6 aliphatic heterocycles. The second-order valence-corrected chi connectivity index (χ2v) is 43.2. The fraction of sp³-hybridized carbons (Fsp3) is 0.663. The van der Waals surface area contributed by atoms with Crippen LogP contribution in [0.15, 0.2) is 104 Å². The van der Waals surface area contributed by atoms with Gasteiger partial charge in [0.25, 0.3) is 30.1 Å². The summed E-state index contributed by atoms with van der Waals surface area (Å²) in [5.41, 5.74) is 37.8. The average molecular weight is 1800 g/mol. The van der Waals surface area contributed by atoms with Crippen molar-refractivity contribution in [3.05, 3.63) is 156 Å². The Bertz CT molecular complexity index is 5180. The maximum atomic E-state index is 14.5. The summed E-state index contributed by atoms with van der Waals surface area (Å²) in [6, 6.07) is 27.0. The summed E-state index contributed by atoms with van der Waals surface area (Å²) in [7, 11) is 7.11. The van der Waals surface area contributed by atoms with Gasteiger partial charge in [-0.15, -0.1) is 11.3 Å². The molecule has 1 aromatic heterocycles. The predicted molar refractivity (Wildman–Crippen MR) is 496 cm³/mol. The van der Waals surface area contributed by atoms with Gasteiger partial charge in [-0.25, -0.2) is 33.7 Å². The zero-order valence-corrected chi connectivity index (χ0v) is 77.9. The molecule has 2 saturated heterocycles. The Morgan fingerprint density at radius 1 is 0.400 bits per heavy atom. The van der Waals surface area contributed by atoms with Gasteiger partial charge in [0.05, 0.1) is 61.4 Å². The molecule has 4 aromatic carbocycles. The van der Waals surface area contributed by atoms with Crippen molar-refractivity contribution in [1.29, 1.82) is 0 Å². The maximum Gasteiger partial charge on any atom is 0.262 e. The molecule has 4 amide bonds. The highest BCUT2D eigenvalue weighted by atomic mass is 32.1. The normalized spacial score (nSPS) is 33.2. The molecule has 10 fully saturated rings. The number of fused-ring (bicyclic) bond motifs is 12. The van der Waals surface area contributed by atoms with Crippen molar-refractivity contribution in [3.8, 4) is 0 Å². The summed E-state index contributed by atoms with van der Waals surface area (Å²) < 4.78 is 60.3. The van der Waals surface area contributed by atoms with Crippen LogP contribution in [0.3, 0.4) is 0 Å². The quantitative estimate of drug-likeness (QED) is 0.0446. The first-order valence-electron chi connectivity index (χ1n) is 49.7. The lowest BCUT2D eigenvalue weighted by Crippen LogP contribution is -2.54. The Kier molecular flexibility index (Phi) is 24.8. The summed E-state index contributed by atoms with van der Waals surface area (Å²) in [5.74, 6) is 4.81. The third kappa shape index (κ3) is 16.1. The molecule has 8 N–H and O–H groups in total. The summed E-state index contributed by atoms with van der Waals surface area (Å²) in [4.78, 5) is 87.5. The molecule has 23 nitrogen and oxygen atoms in total. The SMILES string of the molecule is COC1CCC2(CC1)Cc1ccc(CCC3CC3)cc1C21N=C(N)N(CC(F)F)C1=O.COC1CCC2(CC1)Cc1ccc(CCC3CC3)cc1C21N=C(N)N(CC2CCO2)C1=O.COC1CCC2(CC1)Cc1ccc(CCC3CC3)cc1C21N=C(N)N(CC2CCOCC2)C1=O.COC1CCC2(CC1)Cc1ccc(CCC3CC3)cc1C21N=C(N)N(Cc2cscn2)C1=O. The number of guanidine groups is 4. The van der Waals surface area contributed by atoms with Crippen molar-refractivity contribution < 1.29 is 56.4 Å². The van der Waals surface area contributed by atoms with Crippen molar-refractivity contribution in [2.45, 2.75) is 316 Å². The molecule has 130 heavy (non-hydrogen) atoms. The maximum absolute atomic E-state index is 14.5. The average Bonchev–Trinajstić information content (AvgIpc) is 1.54. The van der Waals surface area contributed by atoms with Gasteiger partial charge >= 0.3 is 0 Å². The van der Waals surface area contributed by atoms with E-state index in [0.29, 0.717) is 43.4 Å². The third-order valence-corrected chi connectivity index (χ3v) is 35.7. The first kappa shape index (κ1) is 89.7. The van der Waals surface area contributed by atoms with Crippen molar-refractivity contribution >= 4 is 58.8 Å². The number of hydrogen-bond acceptors (Lipinski definition) is 20. The molecule has 8 spiro atoms. The van der Waals surface area contributed by atoms with E-state index in [1.807, 2.05) is 10.3 Å². The fourth-order valence-corrected chi connectivity index (χ4v) is 27.0. The van der Waals surface area contributed by atoms with E-state index in [1.165, 1.54) is 121 Å². The number of nitrogens with zero attached hydrogens (tertiary/aromatic N) is 9. The highest BCUT2D eigenvalue weighted by Crippen LogP contribution is 2.67. The molecule has 26 heteroatoms. The standard InChI is InChI=1S/C28H39N3O3.C26H32N4O2S.C26H35N3O3.C24H31F2N3O2/c1-33-23-8-12-27(13-9-23)17-22-7-6-20(5-4-19-2-3-19)16-24(22)28(27)25(32)31(26(29)30-28)18-21-10-14-34-15-11-21;1-32-21-8-10-25(11-9-21)13-19-7-6-18(5-4-17-2-3-17)12-22(19)26(25)23(31)30(24(27)29-26)14-20-15-33-16-28-20;1-31-20-8-11-25(12-9-20)15-19-7-6-18(5-4-17-2-3-17)14-22(19)26(25)23(30)29(24(27)28-26)16-21-10-13-32-21;1-31-18-8-10-23(11-9-18)13-17-7-6-16(5-4-15-2-3-15)12-19(17)24(23)21(30)29(14-20(25)26)22(27)28-24/h6-7,16,19,21,23H,2-5,8-15,17-18H2,1H3,(H2,29,30);6-7,12,15-17,21H,2-5,8-11,13-14H2,1H3,(H2,27,29);6-7,14,17,20-21H,2-5,8-13,15-16H2,1H3,(H2,27,28);6-7,12,15,18,20H,2-5,8-11,13-14H2,1H3,(H2,27,28). The lowest BCUT2D eigenvalue weighted by atomic mass is 9.61. The van der Waals surface area contributed by atoms with Gasteiger partial charge in [-0.2, -0.15) is 0 Å². The van der Waals surface area contributed by atoms with Crippen LogP contribution in [0.4, 0.5) is 8.78 Å². The highest BCUT2D eigenvalue weighted by molar-refractivity contribution is 7.07. The molecule has 0 bridgehead atoms. The topological polar surface area (TPSA) is 303 Å². The number of thiazole rings is 1. The number of carbonyl (C=O) groups is 4. The van der Waals surface area contributed by atoms with E-state index in [-0.39, 0.29) is 76.4 Å². The van der Waals surface area contributed by atoms with Crippen LogP contribution in [0.2, 0.25) is 0 Å². The Balaban J connectivity index is 0.000000108. The first-order chi connectivity index (χ1) is 63.0. The Morgan fingerprint density at radius 2 is 0.708 bits per heavy atom. The second kappa shape index (κ2) is 35.9. The predicted octanol–water partition coefficient (Wildman–Crippen LogP) is 15.2. The number of rotatable bonds is 24. The Morgan fingerprint density at radius 3 is 1.00 bits per heavy atom. The summed E-state index contributed by atoms with van der Waals surface area (Å²) in [6.07, 6.45) is 39.3. The summed E-state index contributed by atoms with van der Waals surface area (Å²) in [6.45, 7) is 3.16. The van der Waals surface area contributed by atoms with Crippen molar-refractivity contribution in [1.82, 2.24) is 24.6 Å². The molecule has 0 radical (unpaired) electrons. The molecule has 18 aliphatic rings. The molecule has 23 rings (SSSR count). The van der Waals surface area contributed by atoms with E-state index in [4.69, 9.17) is 71.3 Å². The van der Waals surface area contributed by atoms with Crippen LogP contribution in [0, 0.1) is 51.2 Å². The molecule has 5 aromatic rings. The first-order valence-corrected chi connectivity index (χ1v) is 50.6. The van der Waals surface area contributed by atoms with Crippen LogP contribution < -0.4 is 22.9 Å². The van der Waals surface area contributed by atoms with E-state index in [9.17, 15) is 28.0 Å². The molecule has 5 unspecified atom stereocenters. The number of nitrogens with two attached hydrogens (primary N) is 4.